The van der Waals surface area contributed by atoms with Crippen LogP contribution in [0.4, 0.5) is 0 Å². The van der Waals surface area contributed by atoms with Gasteiger partial charge in [0.1, 0.15) is 6.10 Å². The van der Waals surface area contributed by atoms with E-state index in [0.29, 0.717) is 13.2 Å². The Morgan fingerprint density at radius 2 is 1.94 bits per heavy atom. The zero-order valence-electron chi connectivity index (χ0n) is 11.2. The number of benzene rings is 1. The molecule has 0 spiro atoms. The van der Waals surface area contributed by atoms with Crippen LogP contribution >= 0.6 is 0 Å². The molecule has 100 valence electrons. The molecule has 1 N–H and O–H groups in total. The second-order valence-electron chi connectivity index (χ2n) is 4.51. The predicted molar refractivity (Wildman–Crippen MR) is 70.0 cm³/mol. The minimum atomic E-state index is -0.528. The summed E-state index contributed by atoms with van der Waals surface area (Å²) in [6, 6.07) is 9.72. The molecule has 0 heterocycles. The van der Waals surface area contributed by atoms with E-state index >= 15 is 0 Å². The van der Waals surface area contributed by atoms with E-state index < -0.39 is 12.2 Å². The highest BCUT2D eigenvalue weighted by Gasteiger charge is 2.18. The van der Waals surface area contributed by atoms with Crippen LogP contribution in [-0.2, 0) is 16.1 Å². The molecular weight excluding hydrogens is 230 g/mol. The Hall–Kier alpha value is -1.39. The van der Waals surface area contributed by atoms with Crippen LogP contribution < -0.4 is 0 Å². The van der Waals surface area contributed by atoms with E-state index in [1.165, 1.54) is 4.90 Å². The van der Waals surface area contributed by atoms with Crippen LogP contribution in [0.25, 0.3) is 0 Å². The van der Waals surface area contributed by atoms with Crippen LogP contribution in [-0.4, -0.2) is 41.7 Å². The summed E-state index contributed by atoms with van der Waals surface area (Å²) in [6.07, 6.45) is -1.03. The van der Waals surface area contributed by atoms with Gasteiger partial charge in [0, 0.05) is 13.6 Å². The number of rotatable bonds is 6. The number of hydrogen-bond acceptors (Lipinski definition) is 3. The number of aliphatic hydroxyl groups excluding tert-OH is 1. The number of hydrogen-bond donors (Lipinski definition) is 1. The van der Waals surface area contributed by atoms with Crippen molar-refractivity contribution >= 4 is 5.91 Å². The highest BCUT2D eigenvalue weighted by molar-refractivity contribution is 5.80. The summed E-state index contributed by atoms with van der Waals surface area (Å²) in [4.78, 5) is 13.4. The number of ether oxygens (including phenoxy) is 1. The van der Waals surface area contributed by atoms with Crippen molar-refractivity contribution in [3.8, 4) is 0 Å². The molecule has 1 aromatic carbocycles. The summed E-state index contributed by atoms with van der Waals surface area (Å²) in [5.74, 6) is -0.119. The molecule has 1 rings (SSSR count). The molecule has 0 aliphatic heterocycles. The monoisotopic (exact) mass is 251 g/mol. The standard InChI is InChI=1S/C14H21NO3/c1-11(16)9-15(3)14(17)12(2)18-10-13-7-5-4-6-8-13/h4-8,11-12,16H,9-10H2,1-3H3. The maximum absolute atomic E-state index is 11.9. The molecule has 0 saturated heterocycles. The minimum Gasteiger partial charge on any atom is -0.392 e. The lowest BCUT2D eigenvalue weighted by Gasteiger charge is -2.22. The lowest BCUT2D eigenvalue weighted by Crippen LogP contribution is -2.39. The molecule has 0 aromatic heterocycles. The summed E-state index contributed by atoms with van der Waals surface area (Å²) < 4.78 is 5.52. The molecule has 0 radical (unpaired) electrons. The van der Waals surface area contributed by atoms with E-state index in [1.54, 1.807) is 20.9 Å². The van der Waals surface area contributed by atoms with Crippen molar-refractivity contribution in [2.45, 2.75) is 32.7 Å². The Morgan fingerprint density at radius 1 is 1.33 bits per heavy atom. The van der Waals surface area contributed by atoms with Gasteiger partial charge in [-0.1, -0.05) is 30.3 Å². The minimum absolute atomic E-state index is 0.119. The third-order valence-corrected chi connectivity index (χ3v) is 2.60. The summed E-state index contributed by atoms with van der Waals surface area (Å²) in [5.41, 5.74) is 1.04. The lowest BCUT2D eigenvalue weighted by molar-refractivity contribution is -0.143. The van der Waals surface area contributed by atoms with E-state index in [4.69, 9.17) is 4.74 Å². The smallest absolute Gasteiger partial charge is 0.251 e. The second-order valence-corrected chi connectivity index (χ2v) is 4.51. The summed E-state index contributed by atoms with van der Waals surface area (Å²) in [6.45, 7) is 4.11. The molecule has 2 unspecified atom stereocenters. The maximum atomic E-state index is 11.9. The molecule has 1 aromatic rings. The Balaban J connectivity index is 2.40. The van der Waals surface area contributed by atoms with Gasteiger partial charge < -0.3 is 14.7 Å². The predicted octanol–water partition coefficient (Wildman–Crippen LogP) is 1.43. The van der Waals surface area contributed by atoms with Gasteiger partial charge >= 0.3 is 0 Å². The highest BCUT2D eigenvalue weighted by Crippen LogP contribution is 2.05. The Kier molecular flexibility index (Phi) is 5.82. The topological polar surface area (TPSA) is 49.8 Å². The van der Waals surface area contributed by atoms with Crippen LogP contribution in [0.2, 0.25) is 0 Å². The third-order valence-electron chi connectivity index (χ3n) is 2.60. The maximum Gasteiger partial charge on any atom is 0.251 e. The van der Waals surface area contributed by atoms with Gasteiger partial charge in [-0.15, -0.1) is 0 Å². The van der Waals surface area contributed by atoms with Gasteiger partial charge in [-0.05, 0) is 19.4 Å². The number of carbonyl (C=O) groups excluding carboxylic acids is 1. The van der Waals surface area contributed by atoms with Crippen LogP contribution in [0.5, 0.6) is 0 Å². The van der Waals surface area contributed by atoms with E-state index in [1.807, 2.05) is 30.3 Å². The zero-order chi connectivity index (χ0) is 13.5. The molecule has 1 amide bonds. The van der Waals surface area contributed by atoms with E-state index in [2.05, 4.69) is 0 Å². The van der Waals surface area contributed by atoms with Crippen LogP contribution in [0.1, 0.15) is 19.4 Å². The zero-order valence-corrected chi connectivity index (χ0v) is 11.2. The molecular formula is C14H21NO3. The molecule has 4 heteroatoms. The van der Waals surface area contributed by atoms with Crippen molar-refractivity contribution < 1.29 is 14.6 Å². The van der Waals surface area contributed by atoms with Gasteiger partial charge in [0.25, 0.3) is 5.91 Å². The molecule has 0 aliphatic carbocycles. The van der Waals surface area contributed by atoms with Crippen molar-refractivity contribution in [2.24, 2.45) is 0 Å². The van der Waals surface area contributed by atoms with Crippen molar-refractivity contribution in [1.29, 1.82) is 0 Å². The van der Waals surface area contributed by atoms with Crippen molar-refractivity contribution in [2.75, 3.05) is 13.6 Å². The first kappa shape index (κ1) is 14.7. The van der Waals surface area contributed by atoms with Gasteiger partial charge in [0.2, 0.25) is 0 Å². The van der Waals surface area contributed by atoms with Gasteiger partial charge in [-0.25, -0.2) is 0 Å². The summed E-state index contributed by atoms with van der Waals surface area (Å²) >= 11 is 0. The van der Waals surface area contributed by atoms with Gasteiger partial charge in [-0.3, -0.25) is 4.79 Å². The van der Waals surface area contributed by atoms with Crippen molar-refractivity contribution in [3.63, 3.8) is 0 Å². The van der Waals surface area contributed by atoms with Crippen LogP contribution in [0.15, 0.2) is 30.3 Å². The van der Waals surface area contributed by atoms with Crippen molar-refractivity contribution in [1.82, 2.24) is 4.90 Å². The molecule has 18 heavy (non-hydrogen) atoms. The van der Waals surface area contributed by atoms with Gasteiger partial charge in [0.15, 0.2) is 0 Å². The van der Waals surface area contributed by atoms with Gasteiger partial charge in [-0.2, -0.15) is 0 Å². The number of carbonyl (C=O) groups is 1. The second kappa shape index (κ2) is 7.13. The molecule has 0 fully saturated rings. The van der Waals surface area contributed by atoms with E-state index in [0.717, 1.165) is 5.56 Å². The van der Waals surface area contributed by atoms with Crippen LogP contribution in [0.3, 0.4) is 0 Å². The Morgan fingerprint density at radius 3 is 2.50 bits per heavy atom. The Labute approximate surface area is 108 Å². The number of nitrogens with zero attached hydrogens (tertiary/aromatic N) is 1. The molecule has 0 bridgehead atoms. The molecule has 0 aliphatic rings. The number of likely N-dealkylation sites (N-methyl/N-ethyl adjacent to an activating group) is 1. The molecule has 2 atom stereocenters. The fraction of sp³-hybridized carbons (Fsp3) is 0.500. The first-order valence-corrected chi connectivity index (χ1v) is 6.09. The van der Waals surface area contributed by atoms with E-state index in [9.17, 15) is 9.90 Å². The van der Waals surface area contributed by atoms with E-state index in [-0.39, 0.29) is 5.91 Å². The lowest BCUT2D eigenvalue weighted by atomic mass is 10.2. The normalized spacial score (nSPS) is 14.0. The third kappa shape index (κ3) is 4.85. The molecule has 0 saturated carbocycles. The first-order valence-electron chi connectivity index (χ1n) is 6.09. The molecule has 4 nitrogen and oxygen atoms in total. The fourth-order valence-corrected chi connectivity index (χ4v) is 1.66. The largest absolute Gasteiger partial charge is 0.392 e. The Bertz CT molecular complexity index is 365. The summed E-state index contributed by atoms with van der Waals surface area (Å²) in [7, 11) is 1.66. The highest BCUT2D eigenvalue weighted by atomic mass is 16.5. The number of amides is 1. The van der Waals surface area contributed by atoms with Gasteiger partial charge in [0.05, 0.1) is 12.7 Å². The average Bonchev–Trinajstić information content (AvgIpc) is 2.35. The van der Waals surface area contributed by atoms with Crippen LogP contribution in [0, 0.1) is 0 Å². The average molecular weight is 251 g/mol. The summed E-state index contributed by atoms with van der Waals surface area (Å²) in [5, 5.41) is 9.23. The quantitative estimate of drug-likeness (QED) is 0.832. The SMILES string of the molecule is CC(O)CN(C)C(=O)C(C)OCc1ccccc1. The fourth-order valence-electron chi connectivity index (χ4n) is 1.66. The number of aliphatic hydroxyl groups is 1. The van der Waals surface area contributed by atoms with Crippen molar-refractivity contribution in [3.05, 3.63) is 35.9 Å². The first-order chi connectivity index (χ1) is 8.50.